The van der Waals surface area contributed by atoms with Crippen molar-refractivity contribution in [1.82, 2.24) is 4.98 Å². The molecule has 0 atom stereocenters. The first-order chi connectivity index (χ1) is 50.8. The first-order valence-electron chi connectivity index (χ1n) is 34.9. The number of sulfonamides is 1. The molecular weight excluding hydrogens is 1640 g/mol. The third kappa shape index (κ3) is 30.3. The zero-order valence-electron chi connectivity index (χ0n) is 67.0. The number of carboxylic acids is 1. The number of rotatable bonds is 17. The zero-order valence-corrected chi connectivity index (χ0v) is 71.0. The van der Waals surface area contributed by atoms with Gasteiger partial charge < -0.3 is 59.7 Å². The van der Waals surface area contributed by atoms with Crippen LogP contribution in [0.2, 0.25) is 0 Å². The number of amides is 6. The third-order valence-electron chi connectivity index (χ3n) is 15.3. The SMILES string of the molecule is CC(=O)O.CCOC(=O)Nc1ccc(N(Cc2cc[c-]cc2)C(=O)OC(C)(C)C)cc1NC(=O)OC(C)(C)C.CCOC(=O)Nc1ccc(N(Cc2ccc(B3OC(C)(C)C(C)(C)O3)cc2)C(=O)OC(C)(C)C)cc1NC(=O)OC(C)(C)C.COc1ccc(S(=O)(=O)[N-]c2cccc3ccc4cccnc4c23)cc1.[CH3-].[Pd+2].[Pd]. The van der Waals surface area contributed by atoms with Crippen LogP contribution < -0.4 is 41.3 Å². The summed E-state index contributed by atoms with van der Waals surface area (Å²) in [6, 6.07) is 46.6. The van der Waals surface area contributed by atoms with Gasteiger partial charge in [0.1, 0.15) is 38.2 Å². The van der Waals surface area contributed by atoms with Gasteiger partial charge in [0.05, 0.1) is 71.2 Å². The molecule has 31 heteroatoms. The Kier molecular flexibility index (Phi) is 35.8. The molecule has 9 rings (SSSR count). The van der Waals surface area contributed by atoms with Crippen molar-refractivity contribution >= 4 is 127 Å². The summed E-state index contributed by atoms with van der Waals surface area (Å²) in [6.45, 7) is 34.3. The number of nitrogens with zero attached hydrogens (tertiary/aromatic N) is 4. The number of carboxylic acid groups (broad SMARTS) is 1. The van der Waals surface area contributed by atoms with Crippen molar-refractivity contribution in [2.24, 2.45) is 0 Å². The molecule has 112 heavy (non-hydrogen) atoms. The van der Waals surface area contributed by atoms with Gasteiger partial charge in [-0.15, -0.1) is 11.3 Å². The molecular formula is C81H102BN8O19Pd2S-. The maximum Gasteiger partial charge on any atom is 2.00 e. The minimum atomic E-state index is -3.86. The summed E-state index contributed by atoms with van der Waals surface area (Å²) < 4.78 is 79.1. The van der Waals surface area contributed by atoms with Crippen molar-refractivity contribution in [3.05, 3.63) is 187 Å². The molecule has 1 aromatic heterocycles. The van der Waals surface area contributed by atoms with Crippen molar-refractivity contribution in [2.75, 3.05) is 51.4 Å². The second kappa shape index (κ2) is 41.6. The van der Waals surface area contributed by atoms with Crippen LogP contribution in [0.4, 0.5) is 68.6 Å². The number of benzene rings is 7. The second-order valence-electron chi connectivity index (χ2n) is 29.6. The van der Waals surface area contributed by atoms with E-state index in [1.54, 1.807) is 176 Å². The molecule has 7 aromatic carbocycles. The molecule has 6 amide bonds. The number of hydrogen-bond acceptors (Lipinski definition) is 19. The van der Waals surface area contributed by atoms with Gasteiger partial charge in [-0.25, -0.2) is 37.2 Å². The summed E-state index contributed by atoms with van der Waals surface area (Å²) >= 11 is 0. The maximum atomic E-state index is 13.5. The molecule has 0 aliphatic carbocycles. The van der Waals surface area contributed by atoms with E-state index in [2.05, 4.69) is 37.0 Å². The van der Waals surface area contributed by atoms with Crippen molar-refractivity contribution in [1.29, 1.82) is 0 Å². The number of hydrogen-bond donors (Lipinski definition) is 5. The van der Waals surface area contributed by atoms with Crippen molar-refractivity contribution in [3.8, 4) is 5.75 Å². The van der Waals surface area contributed by atoms with Gasteiger partial charge in [-0.1, -0.05) is 60.7 Å². The number of ether oxygens (including phenoxy) is 7. The van der Waals surface area contributed by atoms with Crippen molar-refractivity contribution in [3.63, 3.8) is 0 Å². The molecule has 0 unspecified atom stereocenters. The van der Waals surface area contributed by atoms with E-state index in [0.29, 0.717) is 22.8 Å². The Morgan fingerprint density at radius 3 is 1.38 bits per heavy atom. The molecule has 0 spiro atoms. The molecule has 0 saturated carbocycles. The van der Waals surface area contributed by atoms with Gasteiger partial charge in [0, 0.05) is 56.8 Å². The Bertz CT molecular complexity index is 4590. The Morgan fingerprint density at radius 2 is 0.964 bits per heavy atom. The molecule has 27 nitrogen and oxygen atoms in total. The maximum absolute atomic E-state index is 13.5. The van der Waals surface area contributed by atoms with Crippen LogP contribution in [-0.4, -0.2) is 122 Å². The number of aliphatic carboxylic acids is 1. The topological polar surface area (TPSA) is 339 Å². The average Bonchev–Trinajstić information content (AvgIpc) is 1.27. The van der Waals surface area contributed by atoms with Gasteiger partial charge in [-0.2, -0.15) is 30.3 Å². The standard InChI is InChI=1S/C32H46BN3O8.C26H34N3O6.C20H15N2O3S.C2H4O2.CH3.2Pd/c1-12-40-26(37)34-24-18-17-23(19-25(24)35-27(38)41-29(2,3)4)36(28(39)42-30(5,6)7)20-21-13-15-22(16-14-21)33-43-31(8,9)32(10,11)44-33;1-8-33-22(30)27-20-15-14-19(16-21(20)28-23(31)34-25(2,3)4)29(24(32)35-26(5,6)7)17-18-12-10-9-11-13-18;1-25-16-9-11-17(12-10-16)26(23,24)22-18-6-2-4-14-7-8-15-5-3-13-21-20(15)19(14)18;1-2(3)4;;;/h13-19H,12,20H2,1-11H3,(H,34,37)(H,35,38);10-16H,8,17H2,1-7H3,(H,27,30)(H,28,31);2-13H,1H3;1H3,(H,3,4);1H3;;/q;2*-1;;-1;;+2. The van der Waals surface area contributed by atoms with Crippen molar-refractivity contribution < 1.29 is 130 Å². The van der Waals surface area contributed by atoms with Gasteiger partial charge >= 0.3 is 64.1 Å². The third-order valence-corrected chi connectivity index (χ3v) is 16.6. The summed E-state index contributed by atoms with van der Waals surface area (Å²) in [5.74, 6) is -0.246. The number of methoxy groups -OCH3 is 1. The molecule has 1 fully saturated rings. The van der Waals surface area contributed by atoms with E-state index in [-0.39, 0.29) is 102 Å². The molecule has 1 aliphatic rings. The van der Waals surface area contributed by atoms with E-state index in [1.165, 1.54) is 29.0 Å². The molecule has 8 aromatic rings. The average molecular weight is 1750 g/mol. The normalized spacial score (nSPS) is 12.6. The molecule has 610 valence electrons. The Hall–Kier alpha value is -9.84. The van der Waals surface area contributed by atoms with Crippen LogP contribution in [0.15, 0.2) is 163 Å². The quantitative estimate of drug-likeness (QED) is 0.0245. The molecule has 5 N–H and O–H groups in total. The monoisotopic (exact) mass is 1750 g/mol. The number of nitrogens with one attached hydrogen (secondary N) is 4. The Morgan fingerprint density at radius 1 is 0.554 bits per heavy atom. The molecule has 0 bridgehead atoms. The largest absolute Gasteiger partial charge is 2.00 e. The van der Waals surface area contributed by atoms with E-state index in [1.807, 2.05) is 94.4 Å². The smallest absolute Gasteiger partial charge is 0.572 e. The Balaban J connectivity index is 0.000000430. The van der Waals surface area contributed by atoms with E-state index < -0.39 is 93.3 Å². The fourth-order valence-electron chi connectivity index (χ4n) is 9.92. The first kappa shape index (κ1) is 96.4. The van der Waals surface area contributed by atoms with Crippen molar-refractivity contribution in [2.45, 2.75) is 183 Å². The molecule has 2 heterocycles. The molecule has 1 aliphatic heterocycles. The van der Waals surface area contributed by atoms with Gasteiger partial charge in [0.15, 0.2) is 0 Å². The van der Waals surface area contributed by atoms with E-state index >= 15 is 0 Å². The number of anilines is 6. The van der Waals surface area contributed by atoms with Crippen LogP contribution >= 0.6 is 0 Å². The molecule has 0 radical (unpaired) electrons. The minimum Gasteiger partial charge on any atom is -0.572 e. The molecule has 1 saturated heterocycles. The van der Waals surface area contributed by atoms with Crippen LogP contribution in [-0.2, 0) is 106 Å². The van der Waals surface area contributed by atoms with Crippen LogP contribution in [0.1, 0.15) is 143 Å². The summed E-state index contributed by atoms with van der Waals surface area (Å²) in [4.78, 5) is 92.5. The number of carbonyl (C=O) groups is 7. The summed E-state index contributed by atoms with van der Waals surface area (Å²) in [5.41, 5.74) is 1.52. The fourth-order valence-corrected chi connectivity index (χ4v) is 10.9. The zero-order chi connectivity index (χ0) is 81.0. The van der Waals surface area contributed by atoms with Gasteiger partial charge in [-0.3, -0.25) is 40.8 Å². The number of carbonyl (C=O) groups excluding carboxylic acids is 6. The van der Waals surface area contributed by atoms with Gasteiger partial charge in [0.2, 0.25) is 0 Å². The van der Waals surface area contributed by atoms with Gasteiger partial charge in [0.25, 0.3) is 5.97 Å². The first-order valence-corrected chi connectivity index (χ1v) is 36.4. The van der Waals surface area contributed by atoms with E-state index in [4.69, 9.17) is 52.4 Å². The van der Waals surface area contributed by atoms with E-state index in [0.717, 1.165) is 45.2 Å². The fraction of sp³-hybridized carbons (Fsp3) is 0.370. The van der Waals surface area contributed by atoms with Crippen LogP contribution in [0.3, 0.4) is 0 Å². The summed E-state index contributed by atoms with van der Waals surface area (Å²) in [5, 5.41) is 20.5. The van der Waals surface area contributed by atoms with Crippen LogP contribution in [0.5, 0.6) is 5.75 Å². The predicted octanol–water partition coefficient (Wildman–Crippen LogP) is 18.5. The minimum absolute atomic E-state index is 0. The Labute approximate surface area is 685 Å². The van der Waals surface area contributed by atoms with Crippen LogP contribution in [0.25, 0.3) is 26.4 Å². The number of pyridine rings is 1. The second-order valence-corrected chi connectivity index (χ2v) is 31.2. The van der Waals surface area contributed by atoms with Gasteiger partial charge in [-0.05, 0) is 213 Å². The van der Waals surface area contributed by atoms with E-state index in [9.17, 15) is 37.2 Å². The summed E-state index contributed by atoms with van der Waals surface area (Å²) in [6.07, 6.45) is -2.30. The summed E-state index contributed by atoms with van der Waals surface area (Å²) in [7, 11) is -2.84. The van der Waals surface area contributed by atoms with Crippen LogP contribution in [0, 0.1) is 13.5 Å². The predicted molar refractivity (Wildman–Crippen MR) is 428 cm³/mol. The number of fused-ring (bicyclic) bond motifs is 3. The number of aromatic nitrogens is 1.